The normalized spacial score (nSPS) is 15.2. The van der Waals surface area contributed by atoms with Crippen LogP contribution in [0.5, 0.6) is 0 Å². The van der Waals surface area contributed by atoms with E-state index in [4.69, 9.17) is 22.1 Å². The molecule has 36 heavy (non-hydrogen) atoms. The minimum atomic E-state index is -0.996. The van der Waals surface area contributed by atoms with E-state index in [0.29, 0.717) is 22.1 Å². The number of aromatic nitrogens is 4. The van der Waals surface area contributed by atoms with Crippen molar-refractivity contribution >= 4 is 40.8 Å². The molecule has 1 saturated heterocycles. The van der Waals surface area contributed by atoms with Gasteiger partial charge in [-0.3, -0.25) is 9.59 Å². The molecule has 0 aliphatic carbocycles. The molecule has 0 spiro atoms. The van der Waals surface area contributed by atoms with Gasteiger partial charge in [0, 0.05) is 30.2 Å². The van der Waals surface area contributed by atoms with Crippen molar-refractivity contribution in [3.05, 3.63) is 59.4 Å². The number of piperazine rings is 1. The maximum atomic E-state index is 13.4. The molecule has 2 amide bonds. The van der Waals surface area contributed by atoms with Gasteiger partial charge in [-0.1, -0.05) is 23.7 Å². The molecule has 11 nitrogen and oxygen atoms in total. The van der Waals surface area contributed by atoms with Gasteiger partial charge < -0.3 is 20.3 Å². The summed E-state index contributed by atoms with van der Waals surface area (Å²) in [5.74, 6) is -2.22. The molecule has 0 bridgehead atoms. The average molecular weight is 512 g/mol. The van der Waals surface area contributed by atoms with E-state index in [1.807, 2.05) is 0 Å². The van der Waals surface area contributed by atoms with Gasteiger partial charge in [-0.25, -0.2) is 4.79 Å². The van der Waals surface area contributed by atoms with Crippen LogP contribution in [0.2, 0.25) is 5.02 Å². The minimum Gasteiger partial charge on any atom is -0.458 e. The Morgan fingerprint density at radius 3 is 2.44 bits per heavy atom. The summed E-state index contributed by atoms with van der Waals surface area (Å²) in [5.41, 5.74) is 7.22. The first-order chi connectivity index (χ1) is 17.0. The second kappa shape index (κ2) is 9.94. The van der Waals surface area contributed by atoms with E-state index in [1.165, 1.54) is 20.8 Å². The fourth-order valence-electron chi connectivity index (χ4n) is 3.92. The number of tetrazole rings is 1. The summed E-state index contributed by atoms with van der Waals surface area (Å²) in [6, 6.07) is 10.8. The largest absolute Gasteiger partial charge is 0.458 e. The number of nitrogen functional groups attached to an aromatic ring is 1. The molecule has 2 aromatic carbocycles. The van der Waals surface area contributed by atoms with Gasteiger partial charge in [-0.05, 0) is 67.1 Å². The standard InChI is InChI=1S/C24H26ClN7O4/c1-24(2,3)36-23(35)20(12-15-4-7-17(26)8-5-15)31-11-10-30(21(33)22(31)34)19-13-16(25)6-9-18(19)32-14-27-28-29-32/h4-9,13-14,20H,10-12,26H2,1-3H3/t20-/m0/s1. The van der Waals surface area contributed by atoms with Crippen molar-refractivity contribution in [3.63, 3.8) is 0 Å². The molecule has 3 aromatic rings. The number of hydrogen-bond donors (Lipinski definition) is 1. The number of rotatable bonds is 6. The maximum absolute atomic E-state index is 13.4. The third-order valence-corrected chi connectivity index (χ3v) is 5.78. The first-order valence-electron chi connectivity index (χ1n) is 11.3. The number of benzene rings is 2. The van der Waals surface area contributed by atoms with Gasteiger partial charge >= 0.3 is 17.8 Å². The number of nitrogens with zero attached hydrogens (tertiary/aromatic N) is 6. The molecule has 0 saturated carbocycles. The van der Waals surface area contributed by atoms with Crippen LogP contribution in [0.4, 0.5) is 11.4 Å². The van der Waals surface area contributed by atoms with Crippen molar-refractivity contribution in [1.29, 1.82) is 0 Å². The number of carbonyl (C=O) groups excluding carboxylic acids is 3. The van der Waals surface area contributed by atoms with E-state index in [9.17, 15) is 14.4 Å². The van der Waals surface area contributed by atoms with Crippen molar-refractivity contribution in [2.45, 2.75) is 38.8 Å². The number of anilines is 2. The van der Waals surface area contributed by atoms with Gasteiger partial charge in [0.1, 0.15) is 18.0 Å². The first-order valence-corrected chi connectivity index (χ1v) is 11.6. The lowest BCUT2D eigenvalue weighted by molar-refractivity contribution is -0.166. The predicted octanol–water partition coefficient (Wildman–Crippen LogP) is 2.03. The van der Waals surface area contributed by atoms with Crippen LogP contribution >= 0.6 is 11.6 Å². The molecule has 1 atom stereocenters. The van der Waals surface area contributed by atoms with Crippen LogP contribution in [0.25, 0.3) is 5.69 Å². The molecule has 1 fully saturated rings. The Balaban J connectivity index is 1.64. The number of hydrogen-bond acceptors (Lipinski definition) is 8. The van der Waals surface area contributed by atoms with Crippen molar-refractivity contribution in [2.24, 2.45) is 0 Å². The zero-order valence-electron chi connectivity index (χ0n) is 20.1. The van der Waals surface area contributed by atoms with Gasteiger partial charge in [0.2, 0.25) is 0 Å². The Morgan fingerprint density at radius 1 is 1.08 bits per heavy atom. The molecule has 0 radical (unpaired) electrons. The topological polar surface area (TPSA) is 137 Å². The lowest BCUT2D eigenvalue weighted by Gasteiger charge is -2.38. The third kappa shape index (κ3) is 5.46. The molecule has 1 aliphatic rings. The molecule has 1 aromatic heterocycles. The van der Waals surface area contributed by atoms with E-state index < -0.39 is 29.4 Å². The number of amides is 2. The number of carbonyl (C=O) groups is 3. The number of nitrogens with two attached hydrogens (primary N) is 1. The number of esters is 1. The molecule has 2 N–H and O–H groups in total. The van der Waals surface area contributed by atoms with E-state index in [0.717, 1.165) is 5.56 Å². The molecular weight excluding hydrogens is 486 g/mol. The van der Waals surface area contributed by atoms with E-state index >= 15 is 0 Å². The summed E-state index contributed by atoms with van der Waals surface area (Å²) in [6.07, 6.45) is 1.54. The van der Waals surface area contributed by atoms with Gasteiger partial charge in [0.05, 0.1) is 11.4 Å². The predicted molar refractivity (Wildman–Crippen MR) is 132 cm³/mol. The second-order valence-electron chi connectivity index (χ2n) is 9.34. The van der Waals surface area contributed by atoms with Crippen LogP contribution in [0.3, 0.4) is 0 Å². The van der Waals surface area contributed by atoms with Gasteiger partial charge in [0.25, 0.3) is 0 Å². The highest BCUT2D eigenvalue weighted by Crippen LogP contribution is 2.30. The Kier molecular flexibility index (Phi) is 6.93. The van der Waals surface area contributed by atoms with Crippen LogP contribution in [-0.2, 0) is 25.5 Å². The number of halogens is 1. The summed E-state index contributed by atoms with van der Waals surface area (Å²) < 4.78 is 6.98. The summed E-state index contributed by atoms with van der Waals surface area (Å²) >= 11 is 6.20. The summed E-state index contributed by atoms with van der Waals surface area (Å²) in [6.45, 7) is 5.47. The maximum Gasteiger partial charge on any atom is 0.329 e. The van der Waals surface area contributed by atoms with Crippen molar-refractivity contribution < 1.29 is 19.1 Å². The highest BCUT2D eigenvalue weighted by molar-refractivity contribution is 6.41. The molecule has 188 valence electrons. The highest BCUT2D eigenvalue weighted by atomic mass is 35.5. The summed E-state index contributed by atoms with van der Waals surface area (Å²) in [5, 5.41) is 11.5. The Hall–Kier alpha value is -3.99. The average Bonchev–Trinajstić information content (AvgIpc) is 3.34. The lowest BCUT2D eigenvalue weighted by Crippen LogP contribution is -2.60. The van der Waals surface area contributed by atoms with Crippen LogP contribution < -0.4 is 10.6 Å². The fourth-order valence-corrected chi connectivity index (χ4v) is 4.09. The van der Waals surface area contributed by atoms with Gasteiger partial charge in [-0.15, -0.1) is 5.10 Å². The Labute approximate surface area is 212 Å². The van der Waals surface area contributed by atoms with Gasteiger partial charge in [-0.2, -0.15) is 4.68 Å². The highest BCUT2D eigenvalue weighted by Gasteiger charge is 2.42. The fraction of sp³-hybridized carbons (Fsp3) is 0.333. The zero-order valence-corrected chi connectivity index (χ0v) is 20.8. The summed E-state index contributed by atoms with van der Waals surface area (Å²) in [7, 11) is 0. The van der Waals surface area contributed by atoms with E-state index in [1.54, 1.807) is 63.2 Å². The zero-order chi connectivity index (χ0) is 26.0. The lowest BCUT2D eigenvalue weighted by atomic mass is 10.0. The monoisotopic (exact) mass is 511 g/mol. The quantitative estimate of drug-likeness (QED) is 0.301. The molecule has 0 unspecified atom stereocenters. The van der Waals surface area contributed by atoms with E-state index in [-0.39, 0.29) is 19.5 Å². The van der Waals surface area contributed by atoms with Crippen molar-refractivity contribution in [2.75, 3.05) is 23.7 Å². The molecule has 2 heterocycles. The third-order valence-electron chi connectivity index (χ3n) is 5.54. The van der Waals surface area contributed by atoms with Crippen LogP contribution in [0.1, 0.15) is 26.3 Å². The Morgan fingerprint density at radius 2 is 1.81 bits per heavy atom. The SMILES string of the molecule is CC(C)(C)OC(=O)[C@H](Cc1ccc(N)cc1)N1CCN(c2cc(Cl)ccc2-n2cnnn2)C(=O)C1=O. The molecular formula is C24H26ClN7O4. The molecule has 4 rings (SSSR count). The van der Waals surface area contributed by atoms with E-state index in [2.05, 4.69) is 15.5 Å². The van der Waals surface area contributed by atoms with Crippen LogP contribution in [-0.4, -0.2) is 67.6 Å². The van der Waals surface area contributed by atoms with Crippen molar-refractivity contribution in [1.82, 2.24) is 25.1 Å². The number of ether oxygens (including phenoxy) is 1. The first kappa shape index (κ1) is 25.1. The van der Waals surface area contributed by atoms with Crippen LogP contribution in [0, 0.1) is 0 Å². The molecule has 12 heteroatoms. The van der Waals surface area contributed by atoms with Gasteiger partial charge in [0.15, 0.2) is 0 Å². The molecule has 1 aliphatic heterocycles. The Bertz CT molecular complexity index is 1270. The van der Waals surface area contributed by atoms with Crippen molar-refractivity contribution in [3.8, 4) is 5.69 Å². The minimum absolute atomic E-state index is 0.102. The summed E-state index contributed by atoms with van der Waals surface area (Å²) in [4.78, 5) is 42.5. The van der Waals surface area contributed by atoms with Crippen LogP contribution in [0.15, 0.2) is 48.8 Å². The smallest absolute Gasteiger partial charge is 0.329 e. The second-order valence-corrected chi connectivity index (χ2v) is 9.77.